The molecule has 2 aromatic rings. The number of nitrogens with one attached hydrogen (secondary N) is 3. The number of Topliss-reactive ketones (excluding diaryl/α,β-unsaturated/α-hetero) is 1. The average Bonchev–Trinajstić information content (AvgIpc) is 3.90. The molecule has 346 valence electrons. The normalized spacial score (nSPS) is 35.3. The van der Waals surface area contributed by atoms with Crippen molar-refractivity contribution < 1.29 is 62.3 Å². The van der Waals surface area contributed by atoms with Crippen molar-refractivity contribution in [1.82, 2.24) is 15.5 Å². The predicted octanol–water partition coefficient (Wildman–Crippen LogP) is 3.54. The summed E-state index contributed by atoms with van der Waals surface area (Å²) in [5, 5.41) is 39.7. The number of allylic oxidation sites excluding steroid dienone is 4. The Kier molecular flexibility index (Phi) is 12.3. The van der Waals surface area contributed by atoms with Gasteiger partial charge >= 0.3 is 0 Å². The van der Waals surface area contributed by atoms with E-state index in [1.807, 2.05) is 12.1 Å². The fraction of sp³-hybridized carbons (Fsp3) is 0.489. The molecule has 65 heavy (non-hydrogen) atoms. The monoisotopic (exact) mass is 918 g/mol. The molecule has 0 spiro atoms. The van der Waals surface area contributed by atoms with Crippen molar-refractivity contribution in [1.29, 1.82) is 0 Å². The quantitative estimate of drug-likeness (QED) is 0.170. The van der Waals surface area contributed by atoms with Crippen molar-refractivity contribution in [3.05, 3.63) is 90.0 Å². The first kappa shape index (κ1) is 46.4. The zero-order chi connectivity index (χ0) is 46.8. The molecule has 6 aliphatic rings. The van der Waals surface area contributed by atoms with E-state index in [2.05, 4.69) is 16.0 Å². The van der Waals surface area contributed by atoms with Crippen molar-refractivity contribution in [2.24, 2.45) is 22.7 Å². The van der Waals surface area contributed by atoms with Crippen molar-refractivity contribution >= 4 is 52.6 Å². The molecule has 13 atom stereocenters. The van der Waals surface area contributed by atoms with Crippen LogP contribution in [0.1, 0.15) is 65.2 Å². The van der Waals surface area contributed by atoms with Crippen LogP contribution in [0.5, 0.6) is 0 Å². The van der Waals surface area contributed by atoms with Gasteiger partial charge in [0.2, 0.25) is 23.6 Å². The molecule has 2 heterocycles. The van der Waals surface area contributed by atoms with Crippen molar-refractivity contribution in [2.45, 2.75) is 117 Å². The second-order valence-corrected chi connectivity index (χ2v) is 19.4. The summed E-state index contributed by atoms with van der Waals surface area (Å²) in [6.07, 6.45) is -0.683. The number of hydrogen-bond acceptors (Lipinski definition) is 12. The molecule has 6 N–H and O–H groups in total. The van der Waals surface area contributed by atoms with Gasteiger partial charge in [-0.15, -0.1) is 0 Å². The van der Waals surface area contributed by atoms with Gasteiger partial charge in [0.1, 0.15) is 31.1 Å². The first-order chi connectivity index (χ1) is 30.7. The van der Waals surface area contributed by atoms with Crippen LogP contribution in [0.2, 0.25) is 0 Å². The summed E-state index contributed by atoms with van der Waals surface area (Å²) >= 11 is 1.43. The van der Waals surface area contributed by atoms with Crippen LogP contribution in [0.15, 0.2) is 94.3 Å². The second-order valence-electron chi connectivity index (χ2n) is 18.2. The van der Waals surface area contributed by atoms with Gasteiger partial charge in [0.15, 0.2) is 29.1 Å². The number of rotatable bonds is 13. The van der Waals surface area contributed by atoms with Crippen LogP contribution in [0.25, 0.3) is 0 Å². The number of amides is 4. The Bertz CT molecular complexity index is 2380. The molecule has 3 saturated carbocycles. The van der Waals surface area contributed by atoms with Crippen LogP contribution < -0.4 is 16.0 Å². The number of halogens is 2. The number of fused-ring (bicyclic) bond motifs is 7. The van der Waals surface area contributed by atoms with E-state index in [9.17, 15) is 44.1 Å². The van der Waals surface area contributed by atoms with E-state index in [0.717, 1.165) is 20.8 Å². The molecule has 4 aliphatic carbocycles. The highest BCUT2D eigenvalue weighted by Crippen LogP contribution is 2.72. The van der Waals surface area contributed by atoms with Gasteiger partial charge in [-0.2, -0.15) is 0 Å². The fourth-order valence-electron chi connectivity index (χ4n) is 11.1. The Balaban J connectivity index is 0.865. The number of alkyl halides is 2. The Hall–Kier alpha value is -5.11. The third-order valence-electron chi connectivity index (χ3n) is 14.6. The molecular formula is C47H52F2N4O11S. The highest BCUT2D eigenvalue weighted by molar-refractivity contribution is 7.99. The number of anilines is 1. The van der Waals surface area contributed by atoms with E-state index in [1.54, 1.807) is 43.3 Å². The maximum atomic E-state index is 17.7. The van der Waals surface area contributed by atoms with E-state index >= 15 is 8.78 Å². The molecule has 1 unspecified atom stereocenters. The van der Waals surface area contributed by atoms with Crippen molar-refractivity contribution in [3.8, 4) is 0 Å². The second kappa shape index (κ2) is 17.3. The maximum absolute atomic E-state index is 17.7. The van der Waals surface area contributed by atoms with Gasteiger partial charge in [-0.05, 0) is 106 Å². The maximum Gasteiger partial charge on any atom is 0.248 e. The summed E-state index contributed by atoms with van der Waals surface area (Å²) < 4.78 is 46.7. The first-order valence-electron chi connectivity index (χ1n) is 21.6. The van der Waals surface area contributed by atoms with E-state index in [4.69, 9.17) is 9.47 Å². The van der Waals surface area contributed by atoms with E-state index in [1.165, 1.54) is 56.8 Å². The number of carbonyl (C=O) groups excluding carboxylic acids is 6. The van der Waals surface area contributed by atoms with Crippen LogP contribution in [0, 0.1) is 22.7 Å². The van der Waals surface area contributed by atoms with Crippen LogP contribution in [-0.2, 0) is 38.2 Å². The minimum atomic E-state index is -2.35. The Morgan fingerprint density at radius 2 is 1.58 bits per heavy atom. The highest BCUT2D eigenvalue weighted by atomic mass is 32.2. The molecule has 2 aromatic carbocycles. The summed E-state index contributed by atoms with van der Waals surface area (Å²) in [4.78, 5) is 78.6. The lowest BCUT2D eigenvalue weighted by Gasteiger charge is -2.63. The molecule has 8 rings (SSSR count). The first-order valence-corrected chi connectivity index (χ1v) is 22.5. The number of aliphatic hydroxyl groups excluding tert-OH is 3. The summed E-state index contributed by atoms with van der Waals surface area (Å²) in [6.45, 7) is 5.28. The number of carbonyl (C=O) groups is 6. The lowest BCUT2D eigenvalue weighted by Crippen LogP contribution is -2.70. The van der Waals surface area contributed by atoms with Crippen LogP contribution in [-0.4, -0.2) is 117 Å². The van der Waals surface area contributed by atoms with Gasteiger partial charge < -0.3 is 45.6 Å². The highest BCUT2D eigenvalue weighted by Gasteiger charge is 2.80. The summed E-state index contributed by atoms with van der Waals surface area (Å²) in [6, 6.07) is 12.3. The molecule has 1 saturated heterocycles. The van der Waals surface area contributed by atoms with Crippen LogP contribution in [0.3, 0.4) is 0 Å². The number of aliphatic hydroxyl groups is 3. The molecule has 0 aromatic heterocycles. The number of benzene rings is 2. The molecule has 18 heteroatoms. The third-order valence-corrected chi connectivity index (χ3v) is 15.6. The Labute approximate surface area is 378 Å². The number of ketones is 2. The van der Waals surface area contributed by atoms with E-state index in [-0.39, 0.29) is 37.8 Å². The van der Waals surface area contributed by atoms with Crippen LogP contribution in [0.4, 0.5) is 14.5 Å². The fourth-order valence-corrected chi connectivity index (χ4v) is 12.0. The van der Waals surface area contributed by atoms with Crippen molar-refractivity contribution in [2.75, 3.05) is 18.5 Å². The van der Waals surface area contributed by atoms with Gasteiger partial charge in [0, 0.05) is 56.8 Å². The van der Waals surface area contributed by atoms with Gasteiger partial charge in [0.25, 0.3) is 0 Å². The third kappa shape index (κ3) is 7.74. The van der Waals surface area contributed by atoms with Crippen LogP contribution >= 0.6 is 11.8 Å². The summed E-state index contributed by atoms with van der Waals surface area (Å²) in [5.74, 6) is -4.84. The lowest BCUT2D eigenvalue weighted by molar-refractivity contribution is -0.235. The largest absolute Gasteiger partial charge is 0.390 e. The standard InChI is InChI=1S/C47H52F2N4O11S/c1-24(50-38(58)16-18-53-39(59)13-14-40(53)60)41(61)51-25(2)42(62)52-27-7-11-30(12-8-27)65-29-9-5-26(6-10-29)43-63-37-21-31-32-20-34(48)33-19-28(55)15-17-44(33,3)46(32,49)35(56)22-45(31,4)47(37,64-43)36(57)23-54/h5-15,17,19,24-25,31-32,34-35,37,39,43,54,56,59H,16,18,20-23H2,1-4H3,(H,50,58)(H,51,61)(H,52,62)/t24-,25-,31-,32-,34-,35-,37+,39?,43+,44-,45-,46-,47+/m0/s1. The van der Waals surface area contributed by atoms with Gasteiger partial charge in [-0.3, -0.25) is 28.8 Å². The van der Waals surface area contributed by atoms with Gasteiger partial charge in [0.05, 0.1) is 12.2 Å². The van der Waals surface area contributed by atoms with Gasteiger partial charge in [-0.25, -0.2) is 8.78 Å². The smallest absolute Gasteiger partial charge is 0.248 e. The topological polar surface area (TPSA) is 221 Å². The molecule has 2 aliphatic heterocycles. The summed E-state index contributed by atoms with van der Waals surface area (Å²) in [5.41, 5.74) is -5.89. The zero-order valence-corrected chi connectivity index (χ0v) is 37.0. The number of hydrogen-bond donors (Lipinski definition) is 6. The van der Waals surface area contributed by atoms with Gasteiger partial charge in [-0.1, -0.05) is 36.9 Å². The molecule has 0 bridgehead atoms. The molecule has 4 amide bonds. The lowest BCUT2D eigenvalue weighted by atomic mass is 9.44. The van der Waals surface area contributed by atoms with Crippen molar-refractivity contribution in [3.63, 3.8) is 0 Å². The van der Waals surface area contributed by atoms with E-state index < -0.39 is 119 Å². The molecule has 4 fully saturated rings. The minimum Gasteiger partial charge on any atom is -0.390 e. The number of ether oxygens (including phenoxy) is 2. The average molecular weight is 919 g/mol. The Morgan fingerprint density at radius 3 is 2.23 bits per heavy atom. The Morgan fingerprint density at radius 1 is 0.923 bits per heavy atom. The minimum absolute atomic E-state index is 0.000457. The molecule has 0 radical (unpaired) electrons. The molecular weight excluding hydrogens is 867 g/mol. The SMILES string of the molecule is C[C@H](NC(=O)CCN1C(=O)C=CC1O)C(=O)N[C@@H](C)C(=O)Nc1ccc(Sc2ccc([C@@H]3O[C@@H]4C[C@H]5[C@@H]6C[C@H](F)C7=CC(=O)C=C[C@]7(C)[C@@]6(F)[C@@H](O)C[C@]5(C)[C@]4(C(=O)CO)O3)cc2)cc1. The van der Waals surface area contributed by atoms with E-state index in [0.29, 0.717) is 11.3 Å². The summed E-state index contributed by atoms with van der Waals surface area (Å²) in [7, 11) is 0. The number of nitrogens with zero attached hydrogens (tertiary/aromatic N) is 1. The molecule has 15 nitrogen and oxygen atoms in total. The zero-order valence-electron chi connectivity index (χ0n) is 36.2. The predicted molar refractivity (Wildman–Crippen MR) is 230 cm³/mol.